The Hall–Kier alpha value is -2.58. The van der Waals surface area contributed by atoms with Gasteiger partial charge < -0.3 is 29.7 Å². The van der Waals surface area contributed by atoms with E-state index >= 15 is 0 Å². The molecular weight excluding hydrogens is 338 g/mol. The SMILES string of the molecule is COC(=O)/C=C(/Nc1cc(CO)ccc1N1CCN(C)CC1)C(=O)OC. The molecule has 0 unspecified atom stereocenters. The number of rotatable bonds is 6. The Balaban J connectivity index is 2.36. The van der Waals surface area contributed by atoms with Crippen LogP contribution in [0, 0.1) is 0 Å². The Bertz CT molecular complexity index is 681. The number of hydrogen-bond donors (Lipinski definition) is 2. The van der Waals surface area contributed by atoms with Crippen LogP contribution in [0.2, 0.25) is 0 Å². The molecule has 0 aromatic heterocycles. The highest BCUT2D eigenvalue weighted by Gasteiger charge is 2.20. The molecule has 0 radical (unpaired) electrons. The van der Waals surface area contributed by atoms with E-state index in [0.29, 0.717) is 11.3 Å². The molecule has 0 atom stereocenters. The van der Waals surface area contributed by atoms with Crippen LogP contribution in [0.3, 0.4) is 0 Å². The smallest absolute Gasteiger partial charge is 0.354 e. The molecule has 1 fully saturated rings. The largest absolute Gasteiger partial charge is 0.466 e. The highest BCUT2D eigenvalue weighted by atomic mass is 16.5. The predicted octanol–water partition coefficient (Wildman–Crippen LogP) is 0.572. The van der Waals surface area contributed by atoms with E-state index < -0.39 is 11.9 Å². The molecule has 0 spiro atoms. The molecule has 0 bridgehead atoms. The molecule has 8 nitrogen and oxygen atoms in total. The summed E-state index contributed by atoms with van der Waals surface area (Å²) in [6, 6.07) is 5.48. The summed E-state index contributed by atoms with van der Waals surface area (Å²) in [5, 5.41) is 12.4. The fourth-order valence-electron chi connectivity index (χ4n) is 2.68. The summed E-state index contributed by atoms with van der Waals surface area (Å²) in [4.78, 5) is 28.0. The van der Waals surface area contributed by atoms with Gasteiger partial charge in [-0.25, -0.2) is 9.59 Å². The number of aliphatic hydroxyl groups excluding tert-OH is 1. The lowest BCUT2D eigenvalue weighted by atomic mass is 10.1. The molecule has 8 heteroatoms. The number of ether oxygens (including phenoxy) is 2. The Morgan fingerprint density at radius 2 is 1.88 bits per heavy atom. The Labute approximate surface area is 153 Å². The van der Waals surface area contributed by atoms with Gasteiger partial charge in [0.1, 0.15) is 5.70 Å². The van der Waals surface area contributed by atoms with Crippen molar-refractivity contribution in [3.63, 3.8) is 0 Å². The van der Waals surface area contributed by atoms with Crippen LogP contribution in [0.25, 0.3) is 0 Å². The maximum atomic E-state index is 12.0. The molecule has 1 aromatic rings. The quantitative estimate of drug-likeness (QED) is 0.560. The molecule has 1 aliphatic heterocycles. The highest BCUT2D eigenvalue weighted by molar-refractivity contribution is 5.99. The van der Waals surface area contributed by atoms with E-state index in [0.717, 1.165) is 37.9 Å². The van der Waals surface area contributed by atoms with Crippen molar-refractivity contribution in [3.8, 4) is 0 Å². The number of anilines is 2. The first-order valence-electron chi connectivity index (χ1n) is 8.30. The zero-order valence-electron chi connectivity index (χ0n) is 15.3. The van der Waals surface area contributed by atoms with Crippen molar-refractivity contribution in [3.05, 3.63) is 35.5 Å². The van der Waals surface area contributed by atoms with Crippen LogP contribution in [0.1, 0.15) is 5.56 Å². The van der Waals surface area contributed by atoms with Crippen LogP contribution in [0.4, 0.5) is 11.4 Å². The van der Waals surface area contributed by atoms with Gasteiger partial charge in [0.25, 0.3) is 0 Å². The number of esters is 2. The van der Waals surface area contributed by atoms with Crippen LogP contribution >= 0.6 is 0 Å². The van der Waals surface area contributed by atoms with Crippen molar-refractivity contribution in [2.24, 2.45) is 0 Å². The fraction of sp³-hybridized carbons (Fsp3) is 0.444. The van der Waals surface area contributed by atoms with E-state index in [-0.39, 0.29) is 12.3 Å². The topological polar surface area (TPSA) is 91.3 Å². The van der Waals surface area contributed by atoms with Crippen LogP contribution in [0.5, 0.6) is 0 Å². The van der Waals surface area contributed by atoms with E-state index in [4.69, 9.17) is 4.74 Å². The van der Waals surface area contributed by atoms with Gasteiger partial charge in [0, 0.05) is 26.2 Å². The number of nitrogens with zero attached hydrogens (tertiary/aromatic N) is 2. The van der Waals surface area contributed by atoms with Crippen molar-refractivity contribution in [1.29, 1.82) is 0 Å². The number of nitrogens with one attached hydrogen (secondary N) is 1. The first kappa shape index (κ1) is 19.7. The summed E-state index contributed by atoms with van der Waals surface area (Å²) in [5.74, 6) is -1.36. The van der Waals surface area contributed by atoms with E-state index in [1.54, 1.807) is 6.07 Å². The molecule has 1 saturated heterocycles. The molecule has 142 valence electrons. The lowest BCUT2D eigenvalue weighted by molar-refractivity contribution is -0.138. The third-order valence-electron chi connectivity index (χ3n) is 4.23. The van der Waals surface area contributed by atoms with Crippen LogP contribution in [-0.2, 0) is 25.7 Å². The molecule has 2 N–H and O–H groups in total. The van der Waals surface area contributed by atoms with Gasteiger partial charge in [0.2, 0.25) is 0 Å². The van der Waals surface area contributed by atoms with E-state index in [1.807, 2.05) is 12.1 Å². The maximum Gasteiger partial charge on any atom is 0.354 e. The lowest BCUT2D eigenvalue weighted by Gasteiger charge is -2.35. The minimum atomic E-state index is -0.686. The van der Waals surface area contributed by atoms with E-state index in [9.17, 15) is 14.7 Å². The molecule has 1 aromatic carbocycles. The Kier molecular flexibility index (Phi) is 6.99. The van der Waals surface area contributed by atoms with Crippen molar-refractivity contribution >= 4 is 23.3 Å². The third kappa shape index (κ3) is 4.96. The zero-order valence-corrected chi connectivity index (χ0v) is 15.3. The van der Waals surface area contributed by atoms with Crippen molar-refractivity contribution < 1.29 is 24.2 Å². The summed E-state index contributed by atoms with van der Waals surface area (Å²) in [6.45, 7) is 3.37. The lowest BCUT2D eigenvalue weighted by Crippen LogP contribution is -2.44. The number of methoxy groups -OCH3 is 2. The second kappa shape index (κ2) is 9.21. The second-order valence-electron chi connectivity index (χ2n) is 6.00. The van der Waals surface area contributed by atoms with Crippen LogP contribution in [0.15, 0.2) is 30.0 Å². The minimum absolute atomic E-state index is 0.0372. The zero-order chi connectivity index (χ0) is 19.1. The van der Waals surface area contributed by atoms with Crippen molar-refractivity contribution in [1.82, 2.24) is 4.90 Å². The number of carbonyl (C=O) groups excluding carboxylic acids is 2. The average Bonchev–Trinajstić information content (AvgIpc) is 2.67. The summed E-state index contributed by atoms with van der Waals surface area (Å²) >= 11 is 0. The molecule has 0 saturated carbocycles. The maximum absolute atomic E-state index is 12.0. The van der Waals surface area contributed by atoms with Gasteiger partial charge >= 0.3 is 11.9 Å². The first-order valence-corrected chi connectivity index (χ1v) is 8.30. The predicted molar refractivity (Wildman–Crippen MR) is 97.8 cm³/mol. The fourth-order valence-corrected chi connectivity index (χ4v) is 2.68. The van der Waals surface area contributed by atoms with E-state index in [1.165, 1.54) is 14.2 Å². The molecule has 0 amide bonds. The Morgan fingerprint density at radius 1 is 1.19 bits per heavy atom. The number of likely N-dealkylation sites (N-methyl/N-ethyl adjacent to an activating group) is 1. The molecule has 0 aliphatic carbocycles. The summed E-state index contributed by atoms with van der Waals surface area (Å²) in [6.07, 6.45) is 1.05. The highest BCUT2D eigenvalue weighted by Crippen LogP contribution is 2.29. The number of hydrogen-bond acceptors (Lipinski definition) is 8. The average molecular weight is 363 g/mol. The molecule has 1 heterocycles. The van der Waals surface area contributed by atoms with Gasteiger partial charge in [0.05, 0.1) is 38.3 Å². The van der Waals surface area contributed by atoms with Crippen LogP contribution in [-0.4, -0.2) is 69.4 Å². The number of aliphatic hydroxyl groups is 1. The number of piperazine rings is 1. The summed E-state index contributed by atoms with van der Waals surface area (Å²) < 4.78 is 9.34. The van der Waals surface area contributed by atoms with Crippen molar-refractivity contribution in [2.45, 2.75) is 6.61 Å². The molecule has 1 aliphatic rings. The normalized spacial score (nSPS) is 15.5. The Morgan fingerprint density at radius 3 is 2.46 bits per heavy atom. The standard InChI is InChI=1S/C18H25N3O5/c1-20-6-8-21(9-7-20)16-5-4-13(12-22)10-14(16)19-15(18(24)26-3)11-17(23)25-2/h4-5,10-11,19,22H,6-9,12H2,1-3H3/b15-11+. The monoisotopic (exact) mass is 363 g/mol. The number of benzene rings is 1. The van der Waals surface area contributed by atoms with Gasteiger partial charge in [0.15, 0.2) is 0 Å². The first-order chi connectivity index (χ1) is 12.5. The van der Waals surface area contributed by atoms with Gasteiger partial charge in [-0.15, -0.1) is 0 Å². The number of carbonyl (C=O) groups is 2. The second-order valence-corrected chi connectivity index (χ2v) is 6.00. The van der Waals surface area contributed by atoms with Gasteiger partial charge in [-0.3, -0.25) is 0 Å². The van der Waals surface area contributed by atoms with E-state index in [2.05, 4.69) is 26.9 Å². The van der Waals surface area contributed by atoms with Crippen molar-refractivity contribution in [2.75, 3.05) is 57.7 Å². The molecular formula is C18H25N3O5. The van der Waals surface area contributed by atoms with Crippen LogP contribution < -0.4 is 10.2 Å². The van der Waals surface area contributed by atoms with Gasteiger partial charge in [-0.1, -0.05) is 6.07 Å². The third-order valence-corrected chi connectivity index (χ3v) is 4.23. The van der Waals surface area contributed by atoms with Gasteiger partial charge in [-0.05, 0) is 24.7 Å². The summed E-state index contributed by atoms with van der Waals surface area (Å²) in [7, 11) is 4.54. The summed E-state index contributed by atoms with van der Waals surface area (Å²) in [5.41, 5.74) is 2.15. The minimum Gasteiger partial charge on any atom is -0.466 e. The molecule has 2 rings (SSSR count). The molecule has 26 heavy (non-hydrogen) atoms. The van der Waals surface area contributed by atoms with Gasteiger partial charge in [-0.2, -0.15) is 0 Å².